The lowest BCUT2D eigenvalue weighted by Gasteiger charge is -2.06. The Bertz CT molecular complexity index is 798. The number of nitro groups is 1. The van der Waals surface area contributed by atoms with Crippen LogP contribution >= 0.6 is 11.6 Å². The zero-order valence-corrected chi connectivity index (χ0v) is 11.1. The van der Waals surface area contributed by atoms with Crippen LogP contribution in [0.25, 0.3) is 16.6 Å². The Hall–Kier alpha value is -2.40. The number of nitrogens with zero attached hydrogens (tertiary/aromatic N) is 3. The summed E-state index contributed by atoms with van der Waals surface area (Å²) in [5.41, 5.74) is 2.21. The highest BCUT2D eigenvalue weighted by atomic mass is 35.5. The normalized spacial score (nSPS) is 10.8. The number of benzene rings is 2. The first-order valence-corrected chi connectivity index (χ1v) is 6.50. The Labute approximate surface area is 119 Å². The number of nitro benzene ring substituents is 1. The Morgan fingerprint density at radius 3 is 2.80 bits per heavy atom. The molecular formula is C14H10ClN3O2. The Morgan fingerprint density at radius 2 is 2.05 bits per heavy atom. The predicted molar refractivity (Wildman–Crippen MR) is 77.3 cm³/mol. The van der Waals surface area contributed by atoms with Crippen LogP contribution in [0.2, 0.25) is 0 Å². The zero-order chi connectivity index (χ0) is 14.1. The van der Waals surface area contributed by atoms with E-state index in [2.05, 4.69) is 5.10 Å². The maximum atomic E-state index is 10.9. The van der Waals surface area contributed by atoms with E-state index >= 15 is 0 Å². The van der Waals surface area contributed by atoms with Gasteiger partial charge >= 0.3 is 0 Å². The number of alkyl halides is 1. The van der Waals surface area contributed by atoms with Crippen molar-refractivity contribution in [3.8, 4) is 5.69 Å². The molecule has 6 heteroatoms. The van der Waals surface area contributed by atoms with Crippen LogP contribution in [0.3, 0.4) is 0 Å². The van der Waals surface area contributed by atoms with Gasteiger partial charge in [0.05, 0.1) is 28.2 Å². The summed E-state index contributed by atoms with van der Waals surface area (Å²) < 4.78 is 1.75. The molecule has 20 heavy (non-hydrogen) atoms. The van der Waals surface area contributed by atoms with Crippen LogP contribution in [0.15, 0.2) is 48.7 Å². The summed E-state index contributed by atoms with van der Waals surface area (Å²) in [5.74, 6) is 0.0867. The van der Waals surface area contributed by atoms with E-state index in [1.807, 2.05) is 24.3 Å². The molecule has 0 saturated carbocycles. The first-order chi connectivity index (χ1) is 9.70. The van der Waals surface area contributed by atoms with Gasteiger partial charge < -0.3 is 0 Å². The minimum Gasteiger partial charge on any atom is -0.258 e. The largest absolute Gasteiger partial charge is 0.273 e. The van der Waals surface area contributed by atoms with Crippen LogP contribution in [0.1, 0.15) is 5.56 Å². The molecule has 0 aliphatic carbocycles. The molecule has 2 aromatic carbocycles. The van der Waals surface area contributed by atoms with Gasteiger partial charge in [0.25, 0.3) is 5.69 Å². The quantitative estimate of drug-likeness (QED) is 0.419. The molecule has 1 heterocycles. The second-order valence-corrected chi connectivity index (χ2v) is 4.59. The summed E-state index contributed by atoms with van der Waals surface area (Å²) >= 11 is 5.79. The van der Waals surface area contributed by atoms with Gasteiger partial charge in [-0.05, 0) is 18.2 Å². The molecule has 0 saturated heterocycles. The monoisotopic (exact) mass is 287 g/mol. The maximum absolute atomic E-state index is 10.9. The van der Waals surface area contributed by atoms with Crippen molar-refractivity contribution in [1.29, 1.82) is 0 Å². The van der Waals surface area contributed by atoms with Crippen molar-refractivity contribution in [3.63, 3.8) is 0 Å². The smallest absolute Gasteiger partial charge is 0.258 e. The molecule has 0 aliphatic heterocycles. The first-order valence-electron chi connectivity index (χ1n) is 5.97. The van der Waals surface area contributed by atoms with Crippen LogP contribution < -0.4 is 0 Å². The summed E-state index contributed by atoms with van der Waals surface area (Å²) in [6.07, 6.45) is 1.76. The van der Waals surface area contributed by atoms with Crippen molar-refractivity contribution in [1.82, 2.24) is 9.78 Å². The minimum absolute atomic E-state index is 0.0280. The highest BCUT2D eigenvalue weighted by Gasteiger charge is 2.14. The van der Waals surface area contributed by atoms with E-state index in [-0.39, 0.29) is 11.6 Å². The van der Waals surface area contributed by atoms with Crippen molar-refractivity contribution in [2.45, 2.75) is 5.88 Å². The minimum atomic E-state index is -0.428. The summed E-state index contributed by atoms with van der Waals surface area (Å²) in [6.45, 7) is 0. The molecular weight excluding hydrogens is 278 g/mol. The molecule has 0 spiro atoms. The van der Waals surface area contributed by atoms with Gasteiger partial charge in [-0.2, -0.15) is 5.10 Å². The van der Waals surface area contributed by atoms with Gasteiger partial charge in [-0.15, -0.1) is 11.6 Å². The summed E-state index contributed by atoms with van der Waals surface area (Å²) in [7, 11) is 0. The number of hydrogen-bond acceptors (Lipinski definition) is 3. The Kier molecular flexibility index (Phi) is 3.12. The maximum Gasteiger partial charge on any atom is 0.273 e. The van der Waals surface area contributed by atoms with Gasteiger partial charge in [0.1, 0.15) is 0 Å². The van der Waals surface area contributed by atoms with Crippen LogP contribution in [-0.2, 0) is 5.88 Å². The second-order valence-electron chi connectivity index (χ2n) is 4.32. The van der Waals surface area contributed by atoms with E-state index in [1.165, 1.54) is 6.07 Å². The average Bonchev–Trinajstić information content (AvgIpc) is 2.90. The Morgan fingerprint density at radius 1 is 1.25 bits per heavy atom. The third-order valence-corrected chi connectivity index (χ3v) is 3.41. The molecule has 100 valence electrons. The summed E-state index contributed by atoms with van der Waals surface area (Å²) in [4.78, 5) is 10.5. The third kappa shape index (κ3) is 2.02. The number of hydrogen-bond donors (Lipinski definition) is 0. The number of para-hydroxylation sites is 1. The fourth-order valence-electron chi connectivity index (χ4n) is 2.17. The summed E-state index contributed by atoms with van der Waals surface area (Å²) in [5, 5.41) is 16.2. The van der Waals surface area contributed by atoms with Gasteiger partial charge in [-0.3, -0.25) is 10.1 Å². The Balaban J connectivity index is 2.17. The summed E-state index contributed by atoms with van der Waals surface area (Å²) in [6, 6.07) is 12.6. The number of fused-ring (bicyclic) bond motifs is 1. The molecule has 5 nitrogen and oxygen atoms in total. The fraction of sp³-hybridized carbons (Fsp3) is 0.0714. The van der Waals surface area contributed by atoms with Crippen molar-refractivity contribution in [2.24, 2.45) is 0 Å². The molecule has 0 radical (unpaired) electrons. The van der Waals surface area contributed by atoms with E-state index in [1.54, 1.807) is 23.0 Å². The van der Waals surface area contributed by atoms with E-state index in [9.17, 15) is 10.1 Å². The molecule has 0 fully saturated rings. The van der Waals surface area contributed by atoms with Crippen LogP contribution in [0.4, 0.5) is 5.69 Å². The van der Waals surface area contributed by atoms with Crippen molar-refractivity contribution < 1.29 is 4.92 Å². The van der Waals surface area contributed by atoms with Crippen molar-refractivity contribution in [3.05, 3.63) is 64.3 Å². The highest BCUT2D eigenvalue weighted by molar-refractivity contribution is 6.17. The molecule has 3 aromatic rings. The van der Waals surface area contributed by atoms with Crippen molar-refractivity contribution >= 4 is 28.2 Å². The molecule has 3 rings (SSSR count). The van der Waals surface area contributed by atoms with Gasteiger partial charge in [-0.1, -0.05) is 18.2 Å². The van der Waals surface area contributed by atoms with E-state index < -0.39 is 4.92 Å². The lowest BCUT2D eigenvalue weighted by Crippen LogP contribution is -1.99. The zero-order valence-electron chi connectivity index (χ0n) is 10.4. The molecule has 0 unspecified atom stereocenters. The fourth-order valence-corrected chi connectivity index (χ4v) is 2.38. The van der Waals surface area contributed by atoms with Crippen LogP contribution in [0.5, 0.6) is 0 Å². The van der Waals surface area contributed by atoms with E-state index in [0.29, 0.717) is 5.56 Å². The second kappa shape index (κ2) is 4.94. The topological polar surface area (TPSA) is 61.0 Å². The van der Waals surface area contributed by atoms with Gasteiger partial charge in [0.2, 0.25) is 0 Å². The van der Waals surface area contributed by atoms with E-state index in [4.69, 9.17) is 11.6 Å². The lowest BCUT2D eigenvalue weighted by molar-refractivity contribution is -0.385. The van der Waals surface area contributed by atoms with Crippen molar-refractivity contribution in [2.75, 3.05) is 0 Å². The number of rotatable bonds is 3. The molecule has 0 bridgehead atoms. The van der Waals surface area contributed by atoms with Crippen LogP contribution in [0, 0.1) is 10.1 Å². The number of aromatic nitrogens is 2. The number of halogens is 1. The first kappa shape index (κ1) is 12.6. The molecule has 0 aliphatic rings. The molecule has 0 amide bonds. The van der Waals surface area contributed by atoms with Crippen LogP contribution in [-0.4, -0.2) is 14.7 Å². The molecule has 1 aromatic heterocycles. The van der Waals surface area contributed by atoms with Gasteiger partial charge in [0.15, 0.2) is 0 Å². The van der Waals surface area contributed by atoms with Gasteiger partial charge in [0, 0.05) is 17.0 Å². The third-order valence-electron chi connectivity index (χ3n) is 3.13. The molecule has 0 N–H and O–H groups in total. The van der Waals surface area contributed by atoms with Gasteiger partial charge in [-0.25, -0.2) is 4.68 Å². The lowest BCUT2D eigenvalue weighted by atomic mass is 10.1. The highest BCUT2D eigenvalue weighted by Crippen LogP contribution is 2.25. The SMILES string of the molecule is O=[N+]([O-])c1ccc(-n2ncc3ccccc32)cc1CCl. The predicted octanol–water partition coefficient (Wildman–Crippen LogP) is 3.67. The molecule has 0 atom stereocenters. The standard InChI is InChI=1S/C14H10ClN3O2/c15-8-11-7-12(5-6-14(11)18(19)20)17-13-4-2-1-3-10(13)9-16-17/h1-7,9H,8H2. The van der Waals surface area contributed by atoms with E-state index in [0.717, 1.165) is 16.6 Å². The average molecular weight is 288 g/mol.